The van der Waals surface area contributed by atoms with E-state index in [0.717, 1.165) is 50.5 Å². The molecule has 3 N–H and O–H groups in total. The van der Waals surface area contributed by atoms with E-state index in [-0.39, 0.29) is 11.3 Å². The molecule has 1 aromatic carbocycles. The minimum Gasteiger partial charge on any atom is -0.504 e. The second kappa shape index (κ2) is 12.2. The first kappa shape index (κ1) is 22.8. The van der Waals surface area contributed by atoms with Gasteiger partial charge < -0.3 is 15.3 Å². The molecule has 0 aliphatic carbocycles. The van der Waals surface area contributed by atoms with E-state index in [1.807, 2.05) is 0 Å². The highest BCUT2D eigenvalue weighted by Crippen LogP contribution is 2.43. The molecule has 0 unspecified atom stereocenters. The first-order valence-corrected chi connectivity index (χ1v) is 10.7. The van der Waals surface area contributed by atoms with Crippen LogP contribution >= 0.6 is 15.9 Å². The van der Waals surface area contributed by atoms with Crippen molar-refractivity contribution >= 4 is 21.9 Å². The number of hydrogen-bond donors (Lipinski definition) is 3. The lowest BCUT2D eigenvalue weighted by Crippen LogP contribution is -2.09. The summed E-state index contributed by atoms with van der Waals surface area (Å²) >= 11 is 3.38. The van der Waals surface area contributed by atoms with Crippen LogP contribution in [0.5, 0.6) is 11.5 Å². The fourth-order valence-electron chi connectivity index (χ4n) is 3.37. The number of benzene rings is 1. The fraction of sp³-hybridized carbons (Fsp3) is 0.667. The van der Waals surface area contributed by atoms with E-state index in [9.17, 15) is 20.1 Å². The molecule has 1 aromatic rings. The third-order valence-corrected chi connectivity index (χ3v) is 5.73. The summed E-state index contributed by atoms with van der Waals surface area (Å²) in [6.45, 7) is 4.33. The van der Waals surface area contributed by atoms with Crippen LogP contribution in [0.2, 0.25) is 0 Å². The number of carbonyl (C=O) groups is 1. The molecule has 0 aromatic heterocycles. The number of halogens is 1. The van der Waals surface area contributed by atoms with E-state index < -0.39 is 11.7 Å². The van der Waals surface area contributed by atoms with Crippen molar-refractivity contribution in [3.05, 3.63) is 21.2 Å². The normalized spacial score (nSPS) is 11.0. The summed E-state index contributed by atoms with van der Waals surface area (Å²) in [7, 11) is 0. The molecule has 0 fully saturated rings. The van der Waals surface area contributed by atoms with Crippen LogP contribution in [-0.4, -0.2) is 21.3 Å². The molecule has 0 bridgehead atoms. The van der Waals surface area contributed by atoms with Gasteiger partial charge in [-0.2, -0.15) is 0 Å². The summed E-state index contributed by atoms with van der Waals surface area (Å²) in [6, 6.07) is 0. The van der Waals surface area contributed by atoms with Gasteiger partial charge in [0.2, 0.25) is 0 Å². The maximum Gasteiger partial charge on any atom is 0.339 e. The minimum atomic E-state index is -1.18. The van der Waals surface area contributed by atoms with Crippen molar-refractivity contribution in [3.63, 3.8) is 0 Å². The van der Waals surface area contributed by atoms with Crippen LogP contribution in [0.1, 0.15) is 99.5 Å². The van der Waals surface area contributed by atoms with Crippen molar-refractivity contribution in [1.82, 2.24) is 0 Å². The van der Waals surface area contributed by atoms with Crippen molar-refractivity contribution in [2.24, 2.45) is 0 Å². The van der Waals surface area contributed by atoms with Gasteiger partial charge in [-0.1, -0.05) is 65.2 Å². The number of aromatic hydroxyl groups is 2. The second-order valence-corrected chi connectivity index (χ2v) is 7.77. The third-order valence-electron chi connectivity index (χ3n) is 4.87. The molecule has 148 valence electrons. The number of aromatic carboxylic acids is 1. The van der Waals surface area contributed by atoms with E-state index in [1.54, 1.807) is 0 Å². The highest BCUT2D eigenvalue weighted by Gasteiger charge is 2.25. The van der Waals surface area contributed by atoms with Crippen LogP contribution in [0.15, 0.2) is 4.47 Å². The van der Waals surface area contributed by atoms with Crippen LogP contribution < -0.4 is 0 Å². The van der Waals surface area contributed by atoms with E-state index in [2.05, 4.69) is 29.8 Å². The predicted molar refractivity (Wildman–Crippen MR) is 109 cm³/mol. The van der Waals surface area contributed by atoms with E-state index in [4.69, 9.17) is 0 Å². The SMILES string of the molecule is CCCCCCCc1c(Br)c(O)c(O)c(C(=O)O)c1CCCCCCC. The van der Waals surface area contributed by atoms with E-state index in [1.165, 1.54) is 19.3 Å². The van der Waals surface area contributed by atoms with Crippen molar-refractivity contribution in [2.75, 3.05) is 0 Å². The van der Waals surface area contributed by atoms with Crippen LogP contribution in [0.25, 0.3) is 0 Å². The Morgan fingerprint density at radius 2 is 1.23 bits per heavy atom. The van der Waals surface area contributed by atoms with Crippen LogP contribution in [0.3, 0.4) is 0 Å². The number of carboxylic acid groups (broad SMARTS) is 1. The number of phenols is 2. The maximum absolute atomic E-state index is 11.7. The summed E-state index contributed by atoms with van der Waals surface area (Å²) in [4.78, 5) is 11.7. The monoisotopic (exact) mass is 428 g/mol. The first-order valence-electron chi connectivity index (χ1n) is 9.94. The number of unbranched alkanes of at least 4 members (excludes halogenated alkanes) is 8. The van der Waals surface area contributed by atoms with E-state index in [0.29, 0.717) is 22.9 Å². The standard InChI is InChI=1S/C21H33BrO4/c1-3-5-7-9-11-13-15-16(14-12-10-8-6-4-2)18(22)20(24)19(23)17(15)21(25)26/h23-24H,3-14H2,1-2H3,(H,25,26). The zero-order valence-corrected chi connectivity index (χ0v) is 17.7. The van der Waals surface area contributed by atoms with Gasteiger partial charge in [0, 0.05) is 0 Å². The van der Waals surface area contributed by atoms with Gasteiger partial charge >= 0.3 is 5.97 Å². The van der Waals surface area contributed by atoms with Crippen LogP contribution in [0.4, 0.5) is 0 Å². The highest BCUT2D eigenvalue weighted by molar-refractivity contribution is 9.10. The van der Waals surface area contributed by atoms with Gasteiger partial charge in [0.05, 0.1) is 4.47 Å². The molecule has 0 spiro atoms. The predicted octanol–water partition coefficient (Wildman–Crippen LogP) is 6.58. The molecule has 26 heavy (non-hydrogen) atoms. The summed E-state index contributed by atoms with van der Waals surface area (Å²) < 4.78 is 0.444. The smallest absolute Gasteiger partial charge is 0.339 e. The van der Waals surface area contributed by atoms with Crippen molar-refractivity contribution in [2.45, 2.75) is 90.9 Å². The summed E-state index contributed by atoms with van der Waals surface area (Å²) in [5.41, 5.74) is 1.38. The van der Waals surface area contributed by atoms with Crippen molar-refractivity contribution < 1.29 is 20.1 Å². The van der Waals surface area contributed by atoms with Crippen LogP contribution in [-0.2, 0) is 12.8 Å². The zero-order chi connectivity index (χ0) is 19.5. The molecule has 0 saturated heterocycles. The number of rotatable bonds is 13. The number of hydrogen-bond acceptors (Lipinski definition) is 3. The lowest BCUT2D eigenvalue weighted by molar-refractivity contribution is 0.0691. The molecule has 0 heterocycles. The minimum absolute atomic E-state index is 0.134. The zero-order valence-electron chi connectivity index (χ0n) is 16.1. The van der Waals surface area contributed by atoms with Gasteiger partial charge in [-0.25, -0.2) is 4.79 Å². The van der Waals surface area contributed by atoms with Gasteiger partial charge in [0.1, 0.15) is 5.56 Å². The molecular formula is C21H33BrO4. The maximum atomic E-state index is 11.7. The van der Waals surface area contributed by atoms with Gasteiger partial charge in [0.25, 0.3) is 0 Å². The number of phenolic OH excluding ortho intramolecular Hbond substituents is 1. The van der Waals surface area contributed by atoms with Crippen LogP contribution in [0, 0.1) is 0 Å². The fourth-order valence-corrected chi connectivity index (χ4v) is 3.99. The first-order chi connectivity index (χ1) is 12.5. The molecule has 5 heteroatoms. The Hall–Kier alpha value is -1.23. The average Bonchev–Trinajstić information content (AvgIpc) is 2.61. The van der Waals surface area contributed by atoms with Gasteiger partial charge in [-0.15, -0.1) is 0 Å². The largest absolute Gasteiger partial charge is 0.504 e. The van der Waals surface area contributed by atoms with Gasteiger partial charge in [-0.3, -0.25) is 0 Å². The molecule has 4 nitrogen and oxygen atoms in total. The van der Waals surface area contributed by atoms with Gasteiger partial charge in [-0.05, 0) is 52.7 Å². The lowest BCUT2D eigenvalue weighted by atomic mass is 9.91. The van der Waals surface area contributed by atoms with Crippen molar-refractivity contribution in [1.29, 1.82) is 0 Å². The summed E-state index contributed by atoms with van der Waals surface area (Å²) in [5.74, 6) is -2.07. The van der Waals surface area contributed by atoms with E-state index >= 15 is 0 Å². The quantitative estimate of drug-likeness (QED) is 0.244. The molecule has 0 aliphatic rings. The topological polar surface area (TPSA) is 77.8 Å². The molecule has 0 amide bonds. The second-order valence-electron chi connectivity index (χ2n) is 6.98. The highest BCUT2D eigenvalue weighted by atomic mass is 79.9. The number of carboxylic acids is 1. The van der Waals surface area contributed by atoms with Crippen molar-refractivity contribution in [3.8, 4) is 11.5 Å². The third kappa shape index (κ3) is 6.49. The Morgan fingerprint density at radius 3 is 1.69 bits per heavy atom. The molecule has 0 saturated carbocycles. The molecule has 0 atom stereocenters. The Bertz CT molecular complexity index is 584. The lowest BCUT2D eigenvalue weighted by Gasteiger charge is -2.18. The molecule has 1 rings (SSSR count). The Balaban J connectivity index is 3.04. The molecule has 0 radical (unpaired) electrons. The van der Waals surface area contributed by atoms with Gasteiger partial charge in [0.15, 0.2) is 11.5 Å². The summed E-state index contributed by atoms with van der Waals surface area (Å²) in [5, 5.41) is 29.9. The Kier molecular flexibility index (Phi) is 10.7. The Labute approximate surface area is 165 Å². The Morgan fingerprint density at radius 1 is 0.769 bits per heavy atom. The molecule has 0 aliphatic heterocycles. The molecular weight excluding hydrogens is 396 g/mol. The average molecular weight is 429 g/mol. The summed E-state index contributed by atoms with van der Waals surface area (Å²) in [6.07, 6.45) is 12.3.